The van der Waals surface area contributed by atoms with Crippen LogP contribution in [0.5, 0.6) is 5.88 Å². The molecule has 0 aliphatic heterocycles. The van der Waals surface area contributed by atoms with Gasteiger partial charge in [-0.15, -0.1) is 0 Å². The van der Waals surface area contributed by atoms with Crippen LogP contribution in [-0.4, -0.2) is 22.6 Å². The summed E-state index contributed by atoms with van der Waals surface area (Å²) in [5.74, 6) is 0.816. The first-order chi connectivity index (χ1) is 8.19. The van der Waals surface area contributed by atoms with E-state index >= 15 is 0 Å². The van der Waals surface area contributed by atoms with Crippen LogP contribution in [0.2, 0.25) is 0 Å². The first-order valence-corrected chi connectivity index (χ1v) is 5.76. The van der Waals surface area contributed by atoms with Gasteiger partial charge in [-0.25, -0.2) is 0 Å². The minimum absolute atomic E-state index is 0.00488. The highest BCUT2D eigenvalue weighted by Gasteiger charge is 2.21. The Bertz CT molecular complexity index is 418. The number of nitrogens with one attached hydrogen (secondary N) is 1. The summed E-state index contributed by atoms with van der Waals surface area (Å²) in [6.07, 6.45) is 3.32. The summed E-state index contributed by atoms with van der Waals surface area (Å²) in [6, 6.07) is 2.79. The fourth-order valence-corrected chi connectivity index (χ4v) is 1.59. The van der Waals surface area contributed by atoms with Crippen LogP contribution in [0.25, 0.3) is 0 Å². The maximum absolute atomic E-state index is 10.8. The fraction of sp³-hybridized carbons (Fsp3) is 0.545. The number of aromatic nitrogens is 1. The fourth-order valence-electron chi connectivity index (χ4n) is 1.59. The minimum Gasteiger partial charge on any atom is -0.474 e. The average molecular weight is 237 g/mol. The lowest BCUT2D eigenvalue weighted by atomic mass is 9.96. The molecule has 92 valence electrons. The van der Waals surface area contributed by atoms with Crippen LogP contribution in [0.3, 0.4) is 0 Å². The van der Waals surface area contributed by atoms with Gasteiger partial charge in [0, 0.05) is 6.54 Å². The molecule has 6 nitrogen and oxygen atoms in total. The van der Waals surface area contributed by atoms with E-state index in [2.05, 4.69) is 10.3 Å². The maximum Gasteiger partial charge on any atom is 0.278 e. The third-order valence-electron chi connectivity index (χ3n) is 2.69. The van der Waals surface area contributed by atoms with Crippen molar-refractivity contribution in [1.29, 1.82) is 0 Å². The molecule has 1 saturated carbocycles. The number of nitro groups is 1. The molecule has 0 spiro atoms. The number of ether oxygens (including phenoxy) is 1. The Morgan fingerprint density at radius 3 is 2.88 bits per heavy atom. The maximum atomic E-state index is 10.8. The molecule has 1 fully saturated rings. The van der Waals surface area contributed by atoms with Crippen molar-refractivity contribution in [3.63, 3.8) is 0 Å². The minimum atomic E-state index is -0.434. The normalized spacial score (nSPS) is 15.1. The summed E-state index contributed by atoms with van der Waals surface area (Å²) in [6.45, 7) is 2.57. The van der Waals surface area contributed by atoms with Crippen molar-refractivity contribution in [2.24, 2.45) is 0 Å². The molecular formula is C11H15N3O3. The van der Waals surface area contributed by atoms with Crippen LogP contribution in [0.4, 0.5) is 11.5 Å². The first-order valence-electron chi connectivity index (χ1n) is 5.76. The summed E-state index contributed by atoms with van der Waals surface area (Å²) in [4.78, 5) is 14.5. The van der Waals surface area contributed by atoms with E-state index < -0.39 is 4.92 Å². The van der Waals surface area contributed by atoms with Gasteiger partial charge in [-0.05, 0) is 26.2 Å². The molecule has 0 amide bonds. The van der Waals surface area contributed by atoms with Crippen LogP contribution < -0.4 is 10.1 Å². The summed E-state index contributed by atoms with van der Waals surface area (Å²) >= 11 is 0. The van der Waals surface area contributed by atoms with Crippen molar-refractivity contribution >= 4 is 11.5 Å². The molecule has 2 rings (SSSR count). The van der Waals surface area contributed by atoms with E-state index in [1.54, 1.807) is 0 Å². The molecule has 0 bridgehead atoms. The molecule has 0 saturated heterocycles. The summed E-state index contributed by atoms with van der Waals surface area (Å²) in [7, 11) is 0. The van der Waals surface area contributed by atoms with E-state index in [-0.39, 0.29) is 11.8 Å². The van der Waals surface area contributed by atoms with Gasteiger partial charge in [-0.1, -0.05) is 0 Å². The predicted octanol–water partition coefficient (Wildman–Crippen LogP) is 2.35. The molecule has 1 N–H and O–H groups in total. The zero-order valence-electron chi connectivity index (χ0n) is 9.68. The quantitative estimate of drug-likeness (QED) is 0.628. The third-order valence-corrected chi connectivity index (χ3v) is 2.69. The molecule has 1 aromatic heterocycles. The lowest BCUT2D eigenvalue weighted by Crippen LogP contribution is -2.25. The van der Waals surface area contributed by atoms with Crippen LogP contribution in [0.15, 0.2) is 12.1 Å². The van der Waals surface area contributed by atoms with Gasteiger partial charge in [-0.2, -0.15) is 4.98 Å². The van der Waals surface area contributed by atoms with Gasteiger partial charge in [0.25, 0.3) is 5.69 Å². The number of nitrogens with zero attached hydrogens (tertiary/aromatic N) is 2. The van der Waals surface area contributed by atoms with Crippen molar-refractivity contribution in [3.8, 4) is 5.88 Å². The van der Waals surface area contributed by atoms with Crippen molar-refractivity contribution in [2.45, 2.75) is 32.3 Å². The van der Waals surface area contributed by atoms with Crippen LogP contribution in [-0.2, 0) is 0 Å². The second-order valence-corrected chi connectivity index (χ2v) is 4.01. The number of rotatable bonds is 5. The number of anilines is 1. The molecule has 0 atom stereocenters. The average Bonchev–Trinajstić information content (AvgIpc) is 2.24. The Hall–Kier alpha value is -1.85. The highest BCUT2D eigenvalue weighted by Crippen LogP contribution is 2.27. The van der Waals surface area contributed by atoms with E-state index in [0.29, 0.717) is 18.2 Å². The third kappa shape index (κ3) is 2.83. The van der Waals surface area contributed by atoms with Gasteiger partial charge in [0.05, 0.1) is 17.1 Å². The van der Waals surface area contributed by atoms with Gasteiger partial charge in [0.1, 0.15) is 11.9 Å². The van der Waals surface area contributed by atoms with Crippen LogP contribution in [0.1, 0.15) is 26.2 Å². The van der Waals surface area contributed by atoms with E-state index in [1.807, 2.05) is 6.92 Å². The lowest BCUT2D eigenvalue weighted by Gasteiger charge is -2.25. The van der Waals surface area contributed by atoms with Crippen LogP contribution >= 0.6 is 0 Å². The summed E-state index contributed by atoms with van der Waals surface area (Å²) < 4.78 is 5.57. The number of hydrogen-bond donors (Lipinski definition) is 1. The highest BCUT2D eigenvalue weighted by atomic mass is 16.6. The number of pyridine rings is 1. The van der Waals surface area contributed by atoms with E-state index in [9.17, 15) is 10.1 Å². The highest BCUT2D eigenvalue weighted by molar-refractivity contribution is 5.48. The molecule has 1 aliphatic carbocycles. The van der Waals surface area contributed by atoms with E-state index in [1.165, 1.54) is 12.1 Å². The van der Waals surface area contributed by atoms with E-state index in [4.69, 9.17) is 4.74 Å². The Labute approximate surface area is 99.2 Å². The molecule has 0 aromatic carbocycles. The molecule has 1 aliphatic rings. The van der Waals surface area contributed by atoms with Gasteiger partial charge in [0.15, 0.2) is 0 Å². The molecular weight excluding hydrogens is 222 g/mol. The second-order valence-electron chi connectivity index (χ2n) is 4.01. The van der Waals surface area contributed by atoms with Crippen LogP contribution in [0, 0.1) is 10.1 Å². The van der Waals surface area contributed by atoms with Gasteiger partial charge >= 0.3 is 0 Å². The van der Waals surface area contributed by atoms with Crippen molar-refractivity contribution in [3.05, 3.63) is 22.2 Å². The molecule has 0 unspecified atom stereocenters. The van der Waals surface area contributed by atoms with E-state index in [0.717, 1.165) is 19.3 Å². The molecule has 6 heteroatoms. The largest absolute Gasteiger partial charge is 0.474 e. The van der Waals surface area contributed by atoms with Crippen molar-refractivity contribution < 1.29 is 9.66 Å². The Balaban J connectivity index is 2.19. The van der Waals surface area contributed by atoms with Gasteiger partial charge in [-0.3, -0.25) is 10.1 Å². The molecule has 17 heavy (non-hydrogen) atoms. The Morgan fingerprint density at radius 1 is 1.59 bits per heavy atom. The van der Waals surface area contributed by atoms with Gasteiger partial charge in [0.2, 0.25) is 5.88 Å². The summed E-state index contributed by atoms with van der Waals surface area (Å²) in [5.41, 5.74) is 0.00488. The monoisotopic (exact) mass is 237 g/mol. The molecule has 0 radical (unpaired) electrons. The topological polar surface area (TPSA) is 77.3 Å². The SMILES string of the molecule is CCNc1cc([N+](=O)[O-])cc(OC2CCC2)n1. The Kier molecular flexibility index (Phi) is 3.41. The Morgan fingerprint density at radius 2 is 2.35 bits per heavy atom. The number of hydrogen-bond acceptors (Lipinski definition) is 5. The lowest BCUT2D eigenvalue weighted by molar-refractivity contribution is -0.384. The van der Waals surface area contributed by atoms with Gasteiger partial charge < -0.3 is 10.1 Å². The zero-order chi connectivity index (χ0) is 12.3. The zero-order valence-corrected chi connectivity index (χ0v) is 9.68. The standard InChI is InChI=1S/C11H15N3O3/c1-2-12-10-6-8(14(15)16)7-11(13-10)17-9-4-3-5-9/h6-7,9H,2-5H2,1H3,(H,12,13). The molecule has 1 aromatic rings. The van der Waals surface area contributed by atoms with Crippen molar-refractivity contribution in [2.75, 3.05) is 11.9 Å². The smallest absolute Gasteiger partial charge is 0.278 e. The molecule has 1 heterocycles. The second kappa shape index (κ2) is 4.99. The predicted molar refractivity (Wildman–Crippen MR) is 63.3 cm³/mol. The van der Waals surface area contributed by atoms with Crippen molar-refractivity contribution in [1.82, 2.24) is 4.98 Å². The first kappa shape index (κ1) is 11.6. The summed E-state index contributed by atoms with van der Waals surface area (Å²) in [5, 5.41) is 13.7.